The summed E-state index contributed by atoms with van der Waals surface area (Å²) in [5, 5.41) is 32.0. The maximum Gasteiger partial charge on any atom is 0.280 e. The summed E-state index contributed by atoms with van der Waals surface area (Å²) in [5.74, 6) is -3.18. The molecule has 10 heteroatoms. The van der Waals surface area contributed by atoms with Crippen molar-refractivity contribution in [2.45, 2.75) is 6.92 Å². The third kappa shape index (κ3) is 2.92. The molecule has 1 aliphatic carbocycles. The van der Waals surface area contributed by atoms with E-state index in [1.807, 2.05) is 0 Å². The topological polar surface area (TPSA) is 153 Å². The fourth-order valence-corrected chi connectivity index (χ4v) is 2.94. The van der Waals surface area contributed by atoms with Gasteiger partial charge in [0.25, 0.3) is 11.4 Å². The van der Waals surface area contributed by atoms with Gasteiger partial charge in [0.1, 0.15) is 28.7 Å². The van der Waals surface area contributed by atoms with Gasteiger partial charge in [0.15, 0.2) is 5.78 Å². The van der Waals surface area contributed by atoms with E-state index in [2.05, 4.69) is 4.99 Å². The van der Waals surface area contributed by atoms with Gasteiger partial charge in [-0.2, -0.15) is 0 Å². The van der Waals surface area contributed by atoms with Crippen molar-refractivity contribution in [3.8, 4) is 5.75 Å². The summed E-state index contributed by atoms with van der Waals surface area (Å²) in [6.07, 6.45) is 0. The molecule has 0 saturated carbocycles. The number of non-ortho nitro benzene ring substituents is 1. The maximum absolute atomic E-state index is 12.6. The second kappa shape index (κ2) is 6.41. The Morgan fingerprint density at radius 2 is 1.85 bits per heavy atom. The number of nitro benzene ring substituents is 2. The van der Waals surface area contributed by atoms with E-state index in [0.717, 1.165) is 31.2 Å². The fraction of sp³-hybridized carbons (Fsp3) is 0.118. The molecule has 2 aromatic rings. The monoisotopic (exact) mass is 369 g/mol. The van der Waals surface area contributed by atoms with Crippen molar-refractivity contribution >= 4 is 34.3 Å². The predicted octanol–water partition coefficient (Wildman–Crippen LogP) is 2.73. The Morgan fingerprint density at radius 3 is 2.41 bits per heavy atom. The number of phenolic OH excluding ortho intramolecular Hbond substituents is 1. The van der Waals surface area contributed by atoms with Crippen LogP contribution in [0, 0.1) is 26.1 Å². The summed E-state index contributed by atoms with van der Waals surface area (Å²) in [6, 6.07) is 7.08. The minimum Gasteiger partial charge on any atom is -0.505 e. The predicted molar refractivity (Wildman–Crippen MR) is 92.6 cm³/mol. The fourth-order valence-electron chi connectivity index (χ4n) is 2.94. The number of carbonyl (C=O) groups excluding carboxylic acids is 2. The van der Waals surface area contributed by atoms with Gasteiger partial charge >= 0.3 is 0 Å². The van der Waals surface area contributed by atoms with E-state index in [4.69, 9.17) is 0 Å². The van der Waals surface area contributed by atoms with Crippen LogP contribution in [0.1, 0.15) is 22.8 Å². The van der Waals surface area contributed by atoms with Crippen LogP contribution in [0.3, 0.4) is 0 Å². The Balaban J connectivity index is 2.23. The van der Waals surface area contributed by atoms with E-state index in [1.54, 1.807) is 0 Å². The lowest BCUT2D eigenvalue weighted by molar-refractivity contribution is -0.385. The van der Waals surface area contributed by atoms with Crippen molar-refractivity contribution in [1.29, 1.82) is 0 Å². The summed E-state index contributed by atoms with van der Waals surface area (Å²) in [7, 11) is 0. The quantitative estimate of drug-likeness (QED) is 0.494. The largest absolute Gasteiger partial charge is 0.505 e. The third-order valence-electron chi connectivity index (χ3n) is 4.11. The van der Waals surface area contributed by atoms with Crippen LogP contribution < -0.4 is 0 Å². The van der Waals surface area contributed by atoms with Gasteiger partial charge in [0.2, 0.25) is 0 Å². The van der Waals surface area contributed by atoms with Crippen molar-refractivity contribution in [3.63, 3.8) is 0 Å². The number of rotatable bonds is 4. The Morgan fingerprint density at radius 1 is 1.15 bits per heavy atom. The Hall–Kier alpha value is -3.95. The van der Waals surface area contributed by atoms with Crippen LogP contribution in [0.5, 0.6) is 5.75 Å². The van der Waals surface area contributed by atoms with Crippen LogP contribution in [0.4, 0.5) is 17.1 Å². The smallest absolute Gasteiger partial charge is 0.280 e. The zero-order chi connectivity index (χ0) is 19.9. The highest BCUT2D eigenvalue weighted by molar-refractivity contribution is 6.38. The van der Waals surface area contributed by atoms with Gasteiger partial charge in [0, 0.05) is 17.7 Å². The summed E-state index contributed by atoms with van der Waals surface area (Å²) in [5.41, 5.74) is -1.06. The zero-order valence-electron chi connectivity index (χ0n) is 13.8. The summed E-state index contributed by atoms with van der Waals surface area (Å²) < 4.78 is 0. The lowest BCUT2D eigenvalue weighted by Crippen LogP contribution is -2.23. The van der Waals surface area contributed by atoms with Gasteiger partial charge in [0.05, 0.1) is 21.6 Å². The minimum absolute atomic E-state index is 0.0460. The molecule has 0 bridgehead atoms. The number of hydrogen-bond donors (Lipinski definition) is 1. The Labute approximate surface area is 151 Å². The number of aromatic hydroxyl groups is 1. The second-order valence-electron chi connectivity index (χ2n) is 5.79. The van der Waals surface area contributed by atoms with Crippen LogP contribution in [0.15, 0.2) is 41.4 Å². The number of ketones is 2. The van der Waals surface area contributed by atoms with Crippen LogP contribution >= 0.6 is 0 Å². The average Bonchev–Trinajstić information content (AvgIpc) is 2.88. The molecule has 1 atom stereocenters. The van der Waals surface area contributed by atoms with E-state index >= 15 is 0 Å². The molecule has 10 nitrogen and oxygen atoms in total. The number of phenols is 1. The molecular formula is C17H11N3O7. The van der Waals surface area contributed by atoms with Gasteiger partial charge < -0.3 is 5.11 Å². The SMILES string of the molecule is CC(=O)C1C(=O)c2c(cccc2[N+](=O)[O-])C1=Nc1ccc([N+](=O)[O-])cc1O. The summed E-state index contributed by atoms with van der Waals surface area (Å²) in [4.78, 5) is 49.3. The first kappa shape index (κ1) is 17.9. The second-order valence-corrected chi connectivity index (χ2v) is 5.79. The average molecular weight is 369 g/mol. The van der Waals surface area contributed by atoms with Gasteiger partial charge in [-0.15, -0.1) is 0 Å². The highest BCUT2D eigenvalue weighted by atomic mass is 16.6. The number of nitro groups is 2. The molecular weight excluding hydrogens is 358 g/mol. The lowest BCUT2D eigenvalue weighted by atomic mass is 9.98. The standard InChI is InChI=1S/C17H11N3O7/c1-8(21)14-16(18-11-6-5-9(19(24)25)7-13(11)22)10-3-2-4-12(20(26)27)15(10)17(14)23/h2-7,14,22H,1H3. The van der Waals surface area contributed by atoms with E-state index in [0.29, 0.717) is 0 Å². The molecule has 0 heterocycles. The molecule has 0 amide bonds. The first-order valence-electron chi connectivity index (χ1n) is 7.60. The number of fused-ring (bicyclic) bond motifs is 1. The number of aliphatic imine (C=N–C) groups is 1. The normalized spacial score (nSPS) is 17.0. The van der Waals surface area contributed by atoms with Gasteiger partial charge in [-0.1, -0.05) is 12.1 Å². The highest BCUT2D eigenvalue weighted by Gasteiger charge is 2.44. The molecule has 1 aliphatic rings. The summed E-state index contributed by atoms with van der Waals surface area (Å²) >= 11 is 0. The molecule has 0 aliphatic heterocycles. The van der Waals surface area contributed by atoms with Gasteiger partial charge in [-0.3, -0.25) is 29.8 Å². The number of nitrogens with zero attached hydrogens (tertiary/aromatic N) is 3. The van der Waals surface area contributed by atoms with E-state index < -0.39 is 38.8 Å². The van der Waals surface area contributed by atoms with Gasteiger partial charge in [-0.05, 0) is 13.0 Å². The molecule has 27 heavy (non-hydrogen) atoms. The van der Waals surface area contributed by atoms with Crippen molar-refractivity contribution < 1.29 is 24.5 Å². The molecule has 1 unspecified atom stereocenters. The molecule has 0 radical (unpaired) electrons. The Kier molecular flexibility index (Phi) is 4.24. The first-order valence-corrected chi connectivity index (χ1v) is 7.60. The van der Waals surface area contributed by atoms with Crippen molar-refractivity contribution in [3.05, 3.63) is 67.8 Å². The first-order chi connectivity index (χ1) is 12.7. The highest BCUT2D eigenvalue weighted by Crippen LogP contribution is 2.38. The van der Waals surface area contributed by atoms with E-state index in [9.17, 15) is 34.9 Å². The van der Waals surface area contributed by atoms with Crippen molar-refractivity contribution in [1.82, 2.24) is 0 Å². The number of carbonyl (C=O) groups is 2. The van der Waals surface area contributed by atoms with Crippen LogP contribution in [-0.4, -0.2) is 32.2 Å². The minimum atomic E-state index is -1.35. The van der Waals surface area contributed by atoms with Crippen LogP contribution in [0.2, 0.25) is 0 Å². The van der Waals surface area contributed by atoms with Crippen molar-refractivity contribution in [2.24, 2.45) is 10.9 Å². The van der Waals surface area contributed by atoms with Gasteiger partial charge in [-0.25, -0.2) is 4.99 Å². The summed E-state index contributed by atoms with van der Waals surface area (Å²) in [6.45, 7) is 1.16. The Bertz CT molecular complexity index is 1060. The molecule has 0 saturated heterocycles. The molecule has 136 valence electrons. The lowest BCUT2D eigenvalue weighted by Gasteiger charge is -2.07. The number of hydrogen-bond acceptors (Lipinski definition) is 8. The molecule has 0 aromatic heterocycles. The van der Waals surface area contributed by atoms with E-state index in [1.165, 1.54) is 12.1 Å². The number of benzene rings is 2. The van der Waals surface area contributed by atoms with Crippen LogP contribution in [-0.2, 0) is 4.79 Å². The van der Waals surface area contributed by atoms with E-state index in [-0.39, 0.29) is 28.2 Å². The molecule has 2 aromatic carbocycles. The zero-order valence-corrected chi connectivity index (χ0v) is 13.8. The molecule has 0 spiro atoms. The number of Topliss-reactive ketones (excluding diaryl/α,β-unsaturated/α-hetero) is 2. The van der Waals surface area contributed by atoms with Crippen molar-refractivity contribution in [2.75, 3.05) is 0 Å². The molecule has 3 rings (SSSR count). The molecule has 1 N–H and O–H groups in total. The van der Waals surface area contributed by atoms with Crippen LogP contribution in [0.25, 0.3) is 0 Å². The maximum atomic E-state index is 12.6. The molecule has 0 fully saturated rings. The third-order valence-corrected chi connectivity index (χ3v) is 4.11.